The molecule has 1 aliphatic heterocycles. The number of rotatable bonds is 7. The van der Waals surface area contributed by atoms with Gasteiger partial charge in [-0.25, -0.2) is 14.5 Å². The van der Waals surface area contributed by atoms with Gasteiger partial charge < -0.3 is 9.47 Å². The van der Waals surface area contributed by atoms with E-state index < -0.39 is 23.8 Å². The zero-order chi connectivity index (χ0) is 26.4. The first kappa shape index (κ1) is 25.1. The molecule has 0 atom stereocenters. The van der Waals surface area contributed by atoms with Crippen molar-refractivity contribution in [1.29, 1.82) is 0 Å². The summed E-state index contributed by atoms with van der Waals surface area (Å²) in [6, 6.07) is 20.0. The van der Waals surface area contributed by atoms with Crippen LogP contribution >= 0.6 is 0 Å². The summed E-state index contributed by atoms with van der Waals surface area (Å²) in [5, 5.41) is 2.20. The molecule has 0 aliphatic carbocycles. The lowest BCUT2D eigenvalue weighted by atomic mass is 10.1. The molecule has 3 aromatic rings. The molecule has 37 heavy (non-hydrogen) atoms. The molecule has 0 bridgehead atoms. The first-order chi connectivity index (χ1) is 17.9. The van der Waals surface area contributed by atoms with Crippen LogP contribution in [0.15, 0.2) is 84.4 Å². The fourth-order valence-electron chi connectivity index (χ4n) is 3.66. The molecule has 0 radical (unpaired) electrons. The topological polar surface area (TPSA) is 102 Å². The first-order valence-electron chi connectivity index (χ1n) is 11.6. The number of ether oxygens (including phenoxy) is 2. The van der Waals surface area contributed by atoms with Gasteiger partial charge in [0.1, 0.15) is 5.57 Å². The zero-order valence-corrected chi connectivity index (χ0v) is 20.3. The maximum atomic E-state index is 13.1. The normalized spacial score (nSPS) is 14.7. The lowest BCUT2D eigenvalue weighted by molar-refractivity contribution is -0.129. The van der Waals surface area contributed by atoms with Crippen molar-refractivity contribution in [3.8, 4) is 11.5 Å². The van der Waals surface area contributed by atoms with E-state index in [1.807, 2.05) is 43.3 Å². The van der Waals surface area contributed by atoms with E-state index >= 15 is 0 Å². The second-order valence-corrected chi connectivity index (χ2v) is 8.10. The van der Waals surface area contributed by atoms with Crippen LogP contribution in [-0.2, 0) is 14.4 Å². The highest BCUT2D eigenvalue weighted by molar-refractivity contribution is 6.39. The Morgan fingerprint density at radius 3 is 2.43 bits per heavy atom. The quantitative estimate of drug-likeness (QED) is 0.221. The van der Waals surface area contributed by atoms with Crippen molar-refractivity contribution in [3.05, 3.63) is 101 Å². The molecule has 8 heteroatoms. The molecule has 0 aromatic heterocycles. The van der Waals surface area contributed by atoms with Gasteiger partial charge in [0.2, 0.25) is 0 Å². The van der Waals surface area contributed by atoms with Crippen LogP contribution in [0.5, 0.6) is 11.5 Å². The van der Waals surface area contributed by atoms with Crippen molar-refractivity contribution in [2.24, 2.45) is 0 Å². The summed E-state index contributed by atoms with van der Waals surface area (Å²) < 4.78 is 11.1. The minimum atomic E-state index is -0.821. The largest absolute Gasteiger partial charge is 0.490 e. The lowest BCUT2D eigenvalue weighted by Gasteiger charge is -2.26. The van der Waals surface area contributed by atoms with Gasteiger partial charge in [0.15, 0.2) is 11.5 Å². The predicted molar refractivity (Wildman–Crippen MR) is 139 cm³/mol. The van der Waals surface area contributed by atoms with Gasteiger partial charge in [-0.1, -0.05) is 48.5 Å². The Balaban J connectivity index is 1.59. The van der Waals surface area contributed by atoms with Crippen LogP contribution in [-0.4, -0.2) is 30.4 Å². The molecular weight excluding hydrogens is 472 g/mol. The molecule has 0 saturated carbocycles. The first-order valence-corrected chi connectivity index (χ1v) is 11.6. The number of carbonyl (C=O) groups excluding carboxylic acids is 4. The fraction of sp³-hybridized carbons (Fsp3) is 0.103. The number of nitrogens with one attached hydrogen (secondary N) is 1. The van der Waals surface area contributed by atoms with E-state index in [0.29, 0.717) is 17.9 Å². The van der Waals surface area contributed by atoms with Crippen molar-refractivity contribution in [1.82, 2.24) is 5.32 Å². The van der Waals surface area contributed by atoms with Gasteiger partial charge in [0.25, 0.3) is 11.8 Å². The Morgan fingerprint density at radius 1 is 0.919 bits per heavy atom. The Labute approximate surface area is 213 Å². The fourth-order valence-corrected chi connectivity index (χ4v) is 3.66. The van der Waals surface area contributed by atoms with Crippen LogP contribution in [0, 0.1) is 6.92 Å². The summed E-state index contributed by atoms with van der Waals surface area (Å²) in [5.74, 6) is -1.71. The van der Waals surface area contributed by atoms with Crippen LogP contribution in [0.3, 0.4) is 0 Å². The highest BCUT2D eigenvalue weighted by Crippen LogP contribution is 2.30. The van der Waals surface area contributed by atoms with Crippen molar-refractivity contribution >= 4 is 41.7 Å². The minimum Gasteiger partial charge on any atom is -0.490 e. The van der Waals surface area contributed by atoms with Crippen LogP contribution in [0.4, 0.5) is 10.5 Å². The summed E-state index contributed by atoms with van der Waals surface area (Å²) >= 11 is 0. The maximum absolute atomic E-state index is 13.1. The number of anilines is 1. The zero-order valence-electron chi connectivity index (χ0n) is 20.3. The second kappa shape index (κ2) is 11.2. The Bertz CT molecular complexity index is 1430. The van der Waals surface area contributed by atoms with Gasteiger partial charge in [0.05, 0.1) is 12.3 Å². The van der Waals surface area contributed by atoms with E-state index in [-0.39, 0.29) is 17.1 Å². The second-order valence-electron chi connectivity index (χ2n) is 8.10. The van der Waals surface area contributed by atoms with Crippen LogP contribution in [0.25, 0.3) is 12.2 Å². The number of imide groups is 2. The lowest BCUT2D eigenvalue weighted by Crippen LogP contribution is -2.54. The third kappa shape index (κ3) is 5.99. The molecule has 4 amide bonds. The van der Waals surface area contributed by atoms with E-state index in [9.17, 15) is 19.2 Å². The van der Waals surface area contributed by atoms with Crippen LogP contribution < -0.4 is 19.7 Å². The number of esters is 1. The Kier molecular flexibility index (Phi) is 7.59. The van der Waals surface area contributed by atoms with Gasteiger partial charge in [-0.05, 0) is 67.0 Å². The Hall–Kier alpha value is -4.98. The molecule has 186 valence electrons. The average Bonchev–Trinajstić information content (AvgIpc) is 2.87. The summed E-state index contributed by atoms with van der Waals surface area (Å²) in [4.78, 5) is 51.3. The molecule has 1 aliphatic rings. The molecule has 8 nitrogen and oxygen atoms in total. The summed E-state index contributed by atoms with van der Waals surface area (Å²) in [6.45, 7) is 3.90. The number of benzene rings is 3. The number of hydrogen-bond donors (Lipinski definition) is 1. The number of urea groups is 1. The van der Waals surface area contributed by atoms with Gasteiger partial charge in [-0.2, -0.15) is 0 Å². The summed E-state index contributed by atoms with van der Waals surface area (Å²) in [5.41, 5.74) is 2.27. The summed E-state index contributed by atoms with van der Waals surface area (Å²) in [7, 11) is 0. The van der Waals surface area contributed by atoms with Crippen molar-refractivity contribution in [3.63, 3.8) is 0 Å². The minimum absolute atomic E-state index is 0.183. The molecular formula is C29H24N2O6. The van der Waals surface area contributed by atoms with Gasteiger partial charge in [0, 0.05) is 6.08 Å². The number of barbiturate groups is 1. The molecule has 1 fully saturated rings. The number of aryl methyl sites for hydroxylation is 1. The smallest absolute Gasteiger partial charge is 0.336 e. The van der Waals surface area contributed by atoms with E-state index in [1.165, 1.54) is 18.2 Å². The molecule has 1 heterocycles. The SMILES string of the molecule is CCOc1cc(/C=C2\C(=O)NC(=O)N(c3cccc(C)c3)C2=O)ccc1OC(=O)/C=C/c1ccccc1. The number of amides is 4. The van der Waals surface area contributed by atoms with E-state index in [1.54, 1.807) is 43.3 Å². The number of hydrogen-bond acceptors (Lipinski definition) is 6. The van der Waals surface area contributed by atoms with Crippen LogP contribution in [0.1, 0.15) is 23.6 Å². The van der Waals surface area contributed by atoms with Gasteiger partial charge in [-0.15, -0.1) is 0 Å². The molecule has 4 rings (SSSR count). The standard InChI is InChI=1S/C29H24N2O6/c1-3-36-25-18-21(12-14-24(25)37-26(32)15-13-20-9-5-4-6-10-20)17-23-27(33)30-29(35)31(28(23)34)22-11-7-8-19(2)16-22/h4-18H,3H2,1-2H3,(H,30,33,35)/b15-13+,23-17+. The highest BCUT2D eigenvalue weighted by atomic mass is 16.6. The average molecular weight is 497 g/mol. The molecule has 1 saturated heterocycles. The van der Waals surface area contributed by atoms with Gasteiger partial charge in [-0.3, -0.25) is 14.9 Å². The monoisotopic (exact) mass is 496 g/mol. The number of nitrogens with zero attached hydrogens (tertiary/aromatic N) is 1. The van der Waals surface area contributed by atoms with Crippen molar-refractivity contribution in [2.75, 3.05) is 11.5 Å². The van der Waals surface area contributed by atoms with E-state index in [2.05, 4.69) is 5.32 Å². The Morgan fingerprint density at radius 2 is 1.70 bits per heavy atom. The van der Waals surface area contributed by atoms with Crippen molar-refractivity contribution in [2.45, 2.75) is 13.8 Å². The third-order valence-corrected chi connectivity index (χ3v) is 5.36. The van der Waals surface area contributed by atoms with Crippen LogP contribution in [0.2, 0.25) is 0 Å². The molecule has 0 unspecified atom stereocenters. The van der Waals surface area contributed by atoms with E-state index in [4.69, 9.17) is 9.47 Å². The third-order valence-electron chi connectivity index (χ3n) is 5.36. The van der Waals surface area contributed by atoms with Crippen molar-refractivity contribution < 1.29 is 28.7 Å². The number of carbonyl (C=O) groups is 4. The van der Waals surface area contributed by atoms with Gasteiger partial charge >= 0.3 is 12.0 Å². The molecule has 0 spiro atoms. The summed E-state index contributed by atoms with van der Waals surface area (Å²) in [6.07, 6.45) is 4.30. The highest BCUT2D eigenvalue weighted by Gasteiger charge is 2.36. The predicted octanol–water partition coefficient (Wildman–Crippen LogP) is 4.68. The van der Waals surface area contributed by atoms with E-state index in [0.717, 1.165) is 16.0 Å². The molecule has 3 aromatic carbocycles. The molecule has 1 N–H and O–H groups in total. The maximum Gasteiger partial charge on any atom is 0.336 e.